The maximum absolute atomic E-state index is 12.3. The SMILES string of the molecule is C[C@@H](c1ccccn1)N(C(=O)C1CC1)C1CC1. The van der Waals surface area contributed by atoms with E-state index in [0.29, 0.717) is 17.9 Å². The molecule has 0 aliphatic heterocycles. The van der Waals surface area contributed by atoms with Gasteiger partial charge in [0.25, 0.3) is 0 Å². The highest BCUT2D eigenvalue weighted by molar-refractivity contribution is 5.82. The average molecular weight is 230 g/mol. The van der Waals surface area contributed by atoms with Gasteiger partial charge in [-0.2, -0.15) is 0 Å². The monoisotopic (exact) mass is 230 g/mol. The molecule has 1 heterocycles. The summed E-state index contributed by atoms with van der Waals surface area (Å²) >= 11 is 0. The van der Waals surface area contributed by atoms with E-state index in [0.717, 1.165) is 31.4 Å². The van der Waals surface area contributed by atoms with E-state index >= 15 is 0 Å². The van der Waals surface area contributed by atoms with Crippen molar-refractivity contribution >= 4 is 5.91 Å². The molecule has 90 valence electrons. The van der Waals surface area contributed by atoms with Crippen LogP contribution in [0.2, 0.25) is 0 Å². The van der Waals surface area contributed by atoms with Gasteiger partial charge in [0, 0.05) is 18.2 Å². The van der Waals surface area contributed by atoms with Gasteiger partial charge in [0.05, 0.1) is 11.7 Å². The number of amides is 1. The molecule has 0 spiro atoms. The van der Waals surface area contributed by atoms with Crippen LogP contribution in [-0.4, -0.2) is 21.8 Å². The molecule has 3 heteroatoms. The second-order valence-electron chi connectivity index (χ2n) is 5.18. The number of pyridine rings is 1. The van der Waals surface area contributed by atoms with Gasteiger partial charge in [-0.15, -0.1) is 0 Å². The minimum Gasteiger partial charge on any atom is -0.331 e. The fourth-order valence-corrected chi connectivity index (χ4v) is 2.35. The summed E-state index contributed by atoms with van der Waals surface area (Å²) in [5.74, 6) is 0.660. The molecule has 3 rings (SSSR count). The highest BCUT2D eigenvalue weighted by Gasteiger charge is 2.42. The minimum absolute atomic E-state index is 0.122. The van der Waals surface area contributed by atoms with Crippen molar-refractivity contribution in [3.63, 3.8) is 0 Å². The zero-order valence-electron chi connectivity index (χ0n) is 10.2. The van der Waals surface area contributed by atoms with Gasteiger partial charge in [-0.3, -0.25) is 9.78 Å². The van der Waals surface area contributed by atoms with Crippen molar-refractivity contribution in [2.24, 2.45) is 5.92 Å². The van der Waals surface area contributed by atoms with E-state index in [1.54, 1.807) is 6.20 Å². The highest BCUT2D eigenvalue weighted by atomic mass is 16.2. The van der Waals surface area contributed by atoms with E-state index < -0.39 is 0 Å². The molecule has 0 N–H and O–H groups in total. The summed E-state index contributed by atoms with van der Waals surface area (Å²) in [6.07, 6.45) is 6.29. The molecule has 2 saturated carbocycles. The first-order valence-electron chi connectivity index (χ1n) is 6.50. The van der Waals surface area contributed by atoms with Crippen LogP contribution in [0.4, 0.5) is 0 Å². The first-order chi connectivity index (χ1) is 8.27. The molecule has 2 aliphatic carbocycles. The Labute approximate surface area is 102 Å². The number of nitrogens with zero attached hydrogens (tertiary/aromatic N) is 2. The van der Waals surface area contributed by atoms with Crippen molar-refractivity contribution in [3.8, 4) is 0 Å². The van der Waals surface area contributed by atoms with Gasteiger partial charge in [0.2, 0.25) is 5.91 Å². The minimum atomic E-state index is 0.122. The van der Waals surface area contributed by atoms with Crippen LogP contribution in [0.5, 0.6) is 0 Å². The molecule has 1 aromatic rings. The summed E-state index contributed by atoms with van der Waals surface area (Å²) < 4.78 is 0. The first kappa shape index (κ1) is 10.8. The zero-order valence-corrected chi connectivity index (χ0v) is 10.2. The third-order valence-corrected chi connectivity index (χ3v) is 3.65. The zero-order chi connectivity index (χ0) is 11.8. The van der Waals surface area contributed by atoms with Crippen LogP contribution in [0.3, 0.4) is 0 Å². The van der Waals surface area contributed by atoms with Gasteiger partial charge in [-0.25, -0.2) is 0 Å². The van der Waals surface area contributed by atoms with Gasteiger partial charge in [-0.05, 0) is 44.7 Å². The second kappa shape index (κ2) is 4.13. The standard InChI is InChI=1S/C14H18N2O/c1-10(13-4-2-3-9-15-13)16(12-7-8-12)14(17)11-5-6-11/h2-4,9-12H,5-8H2,1H3/t10-/m0/s1. The highest BCUT2D eigenvalue weighted by Crippen LogP contribution is 2.40. The van der Waals surface area contributed by atoms with Crippen molar-refractivity contribution < 1.29 is 4.79 Å². The van der Waals surface area contributed by atoms with Crippen LogP contribution in [0.25, 0.3) is 0 Å². The van der Waals surface area contributed by atoms with Crippen molar-refractivity contribution in [2.45, 2.75) is 44.7 Å². The molecule has 2 aliphatic rings. The Balaban J connectivity index is 1.80. The number of carbonyl (C=O) groups excluding carboxylic acids is 1. The Kier molecular flexibility index (Phi) is 2.61. The van der Waals surface area contributed by atoms with Crippen molar-refractivity contribution in [1.29, 1.82) is 0 Å². The molecular formula is C14H18N2O. The van der Waals surface area contributed by atoms with E-state index in [9.17, 15) is 4.79 Å². The number of hydrogen-bond donors (Lipinski definition) is 0. The summed E-state index contributed by atoms with van der Waals surface area (Å²) in [6, 6.07) is 6.52. The summed E-state index contributed by atoms with van der Waals surface area (Å²) in [5.41, 5.74) is 1.01. The van der Waals surface area contributed by atoms with Crippen molar-refractivity contribution in [1.82, 2.24) is 9.88 Å². The quantitative estimate of drug-likeness (QED) is 0.796. The lowest BCUT2D eigenvalue weighted by molar-refractivity contribution is -0.135. The topological polar surface area (TPSA) is 33.2 Å². The molecule has 1 atom stereocenters. The largest absolute Gasteiger partial charge is 0.331 e. The molecule has 0 radical (unpaired) electrons. The van der Waals surface area contributed by atoms with E-state index in [4.69, 9.17) is 0 Å². The number of hydrogen-bond acceptors (Lipinski definition) is 2. The summed E-state index contributed by atoms with van der Waals surface area (Å²) in [5, 5.41) is 0. The predicted octanol–water partition coefficient (Wildman–Crippen LogP) is 2.54. The van der Waals surface area contributed by atoms with Crippen LogP contribution < -0.4 is 0 Å². The molecule has 17 heavy (non-hydrogen) atoms. The van der Waals surface area contributed by atoms with Crippen LogP contribution in [0.15, 0.2) is 24.4 Å². The normalized spacial score (nSPS) is 21.0. The van der Waals surface area contributed by atoms with E-state index in [-0.39, 0.29) is 6.04 Å². The molecule has 0 bridgehead atoms. The number of rotatable bonds is 4. The molecule has 0 saturated heterocycles. The van der Waals surface area contributed by atoms with Crippen LogP contribution in [-0.2, 0) is 4.79 Å². The van der Waals surface area contributed by atoms with Gasteiger partial charge in [0.15, 0.2) is 0 Å². The van der Waals surface area contributed by atoms with Crippen LogP contribution >= 0.6 is 0 Å². The van der Waals surface area contributed by atoms with Gasteiger partial charge < -0.3 is 4.90 Å². The maximum Gasteiger partial charge on any atom is 0.226 e. The summed E-state index contributed by atoms with van der Waals surface area (Å²) in [6.45, 7) is 2.10. The first-order valence-corrected chi connectivity index (χ1v) is 6.50. The Morgan fingerprint density at radius 2 is 2.12 bits per heavy atom. The molecule has 3 nitrogen and oxygen atoms in total. The molecule has 2 fully saturated rings. The average Bonchev–Trinajstić information content (AvgIpc) is 3.21. The third-order valence-electron chi connectivity index (χ3n) is 3.65. The number of aromatic nitrogens is 1. The Bertz CT molecular complexity index is 409. The molecule has 0 aromatic carbocycles. The lowest BCUT2D eigenvalue weighted by Gasteiger charge is -2.29. The summed E-state index contributed by atoms with van der Waals surface area (Å²) in [4.78, 5) is 18.8. The smallest absolute Gasteiger partial charge is 0.226 e. The Morgan fingerprint density at radius 1 is 1.35 bits per heavy atom. The molecule has 1 aromatic heterocycles. The fourth-order valence-electron chi connectivity index (χ4n) is 2.35. The van der Waals surface area contributed by atoms with Gasteiger partial charge in [-0.1, -0.05) is 6.07 Å². The fraction of sp³-hybridized carbons (Fsp3) is 0.571. The molecule has 1 amide bonds. The lowest BCUT2D eigenvalue weighted by Crippen LogP contribution is -2.36. The summed E-state index contributed by atoms with van der Waals surface area (Å²) in [7, 11) is 0. The predicted molar refractivity (Wildman–Crippen MR) is 65.2 cm³/mol. The Hall–Kier alpha value is -1.38. The van der Waals surface area contributed by atoms with E-state index in [1.807, 2.05) is 18.2 Å². The van der Waals surface area contributed by atoms with Gasteiger partial charge >= 0.3 is 0 Å². The van der Waals surface area contributed by atoms with Crippen molar-refractivity contribution in [3.05, 3.63) is 30.1 Å². The van der Waals surface area contributed by atoms with Crippen LogP contribution in [0, 0.1) is 5.92 Å². The third kappa shape index (κ3) is 2.19. The maximum atomic E-state index is 12.3. The second-order valence-corrected chi connectivity index (χ2v) is 5.18. The Morgan fingerprint density at radius 3 is 2.65 bits per heavy atom. The van der Waals surface area contributed by atoms with Crippen LogP contribution in [0.1, 0.15) is 44.3 Å². The molecule has 0 unspecified atom stereocenters. The van der Waals surface area contributed by atoms with Crippen molar-refractivity contribution in [2.75, 3.05) is 0 Å². The van der Waals surface area contributed by atoms with E-state index in [1.165, 1.54) is 0 Å². The van der Waals surface area contributed by atoms with E-state index in [2.05, 4.69) is 16.8 Å². The lowest BCUT2D eigenvalue weighted by atomic mass is 10.1. The van der Waals surface area contributed by atoms with Gasteiger partial charge in [0.1, 0.15) is 0 Å². The number of carbonyl (C=O) groups is 1. The molecular weight excluding hydrogens is 212 g/mol.